The summed E-state index contributed by atoms with van der Waals surface area (Å²) in [6.45, 7) is 0. The van der Waals surface area contributed by atoms with Crippen molar-refractivity contribution in [2.75, 3.05) is 11.8 Å². The normalized spacial score (nSPS) is 12.9. The number of carbonyl (C=O) groups excluding carboxylic acids is 2. The SMILES string of the molecule is COC(=O)NC(Cc1ccccc1)C(=O)C[C@H](Cc1ccc(NS(=O)(=O)O)cc1)c1csc(-c2cccs2)n1. The summed E-state index contributed by atoms with van der Waals surface area (Å²) >= 11 is 3.08. The van der Waals surface area contributed by atoms with E-state index in [1.807, 2.05) is 57.9 Å². The summed E-state index contributed by atoms with van der Waals surface area (Å²) in [6.07, 6.45) is 0.188. The van der Waals surface area contributed by atoms with E-state index in [1.165, 1.54) is 30.6 Å². The Morgan fingerprint density at radius 1 is 0.974 bits per heavy atom. The fourth-order valence-corrected chi connectivity index (χ4v) is 6.24. The molecule has 1 unspecified atom stereocenters. The number of nitrogens with one attached hydrogen (secondary N) is 2. The fraction of sp³-hybridized carbons (Fsp3) is 0.222. The number of hydrogen-bond donors (Lipinski definition) is 3. The Bertz CT molecular complexity index is 1490. The van der Waals surface area contributed by atoms with Gasteiger partial charge in [-0.1, -0.05) is 48.5 Å². The predicted molar refractivity (Wildman–Crippen MR) is 153 cm³/mol. The highest BCUT2D eigenvalue weighted by Gasteiger charge is 2.27. The van der Waals surface area contributed by atoms with Gasteiger partial charge in [0, 0.05) is 17.7 Å². The Hall–Kier alpha value is -3.58. The van der Waals surface area contributed by atoms with Gasteiger partial charge in [0.25, 0.3) is 0 Å². The maximum atomic E-state index is 13.6. The number of ether oxygens (including phenoxy) is 1. The van der Waals surface area contributed by atoms with Crippen LogP contribution in [0.15, 0.2) is 77.5 Å². The highest BCUT2D eigenvalue weighted by atomic mass is 32.2. The van der Waals surface area contributed by atoms with Gasteiger partial charge in [0.2, 0.25) is 0 Å². The Morgan fingerprint density at radius 2 is 1.69 bits per heavy atom. The minimum Gasteiger partial charge on any atom is -0.453 e. The molecule has 2 atom stereocenters. The van der Waals surface area contributed by atoms with Gasteiger partial charge in [-0.2, -0.15) is 8.42 Å². The van der Waals surface area contributed by atoms with Crippen molar-refractivity contribution in [3.8, 4) is 9.88 Å². The van der Waals surface area contributed by atoms with Crippen LogP contribution in [0.3, 0.4) is 0 Å². The summed E-state index contributed by atoms with van der Waals surface area (Å²) in [5, 5.41) is 7.46. The summed E-state index contributed by atoms with van der Waals surface area (Å²) in [7, 11) is -3.13. The molecule has 0 spiro atoms. The third kappa shape index (κ3) is 8.45. The van der Waals surface area contributed by atoms with Crippen LogP contribution in [0.1, 0.15) is 29.2 Å². The van der Waals surface area contributed by atoms with E-state index in [9.17, 15) is 18.0 Å². The molecule has 0 aliphatic heterocycles. The molecule has 0 aliphatic carbocycles. The highest BCUT2D eigenvalue weighted by Crippen LogP contribution is 2.33. The van der Waals surface area contributed by atoms with Crippen molar-refractivity contribution in [3.63, 3.8) is 0 Å². The van der Waals surface area contributed by atoms with E-state index in [-0.39, 0.29) is 23.8 Å². The highest BCUT2D eigenvalue weighted by molar-refractivity contribution is 7.87. The third-order valence-electron chi connectivity index (χ3n) is 5.95. The Labute approximate surface area is 234 Å². The number of hydrogen-bond acceptors (Lipinski definition) is 8. The van der Waals surface area contributed by atoms with E-state index in [1.54, 1.807) is 23.5 Å². The number of carbonyl (C=O) groups is 2. The molecular formula is C27H27N3O6S3. The van der Waals surface area contributed by atoms with E-state index in [4.69, 9.17) is 14.3 Å². The number of methoxy groups -OCH3 is 1. The first kappa shape index (κ1) is 28.4. The molecule has 12 heteroatoms. The number of aromatic nitrogens is 1. The second-order valence-corrected chi connectivity index (χ2v) is 11.7. The molecule has 2 aromatic heterocycles. The smallest absolute Gasteiger partial charge is 0.407 e. The molecule has 0 bridgehead atoms. The monoisotopic (exact) mass is 585 g/mol. The number of alkyl carbamates (subject to hydrolysis) is 1. The van der Waals surface area contributed by atoms with Gasteiger partial charge in [0.15, 0.2) is 5.78 Å². The molecule has 4 aromatic rings. The van der Waals surface area contributed by atoms with Gasteiger partial charge in [-0.25, -0.2) is 9.78 Å². The molecule has 4 rings (SSSR count). The number of anilines is 1. The number of nitrogens with zero attached hydrogens (tertiary/aromatic N) is 1. The fourth-order valence-electron chi connectivity index (χ4n) is 4.09. The molecule has 0 aliphatic rings. The zero-order valence-corrected chi connectivity index (χ0v) is 23.4. The predicted octanol–water partition coefficient (Wildman–Crippen LogP) is 5.34. The molecule has 9 nitrogen and oxygen atoms in total. The van der Waals surface area contributed by atoms with Crippen molar-refractivity contribution in [1.29, 1.82) is 0 Å². The number of Topliss-reactive ketones (excluding diaryl/α,β-unsaturated/α-hetero) is 1. The van der Waals surface area contributed by atoms with Crippen LogP contribution in [0.25, 0.3) is 9.88 Å². The maximum absolute atomic E-state index is 13.6. The van der Waals surface area contributed by atoms with Crippen LogP contribution in [0.2, 0.25) is 0 Å². The minimum absolute atomic E-state index is 0.111. The zero-order valence-electron chi connectivity index (χ0n) is 20.9. The van der Waals surface area contributed by atoms with Gasteiger partial charge in [-0.3, -0.25) is 14.1 Å². The summed E-state index contributed by atoms with van der Waals surface area (Å²) in [5.74, 6) is -0.467. The van der Waals surface area contributed by atoms with Crippen LogP contribution in [0.5, 0.6) is 0 Å². The van der Waals surface area contributed by atoms with Gasteiger partial charge in [0.1, 0.15) is 5.01 Å². The van der Waals surface area contributed by atoms with Gasteiger partial charge in [-0.05, 0) is 47.5 Å². The molecule has 204 valence electrons. The van der Waals surface area contributed by atoms with Gasteiger partial charge < -0.3 is 10.1 Å². The minimum atomic E-state index is -4.39. The van der Waals surface area contributed by atoms with Crippen molar-refractivity contribution < 1.29 is 27.3 Å². The van der Waals surface area contributed by atoms with E-state index < -0.39 is 22.4 Å². The van der Waals surface area contributed by atoms with Crippen LogP contribution in [0.4, 0.5) is 10.5 Å². The van der Waals surface area contributed by atoms with Crippen molar-refractivity contribution in [1.82, 2.24) is 10.3 Å². The average molecular weight is 586 g/mol. The number of thiazole rings is 1. The number of amides is 1. The molecular weight excluding hydrogens is 559 g/mol. The molecule has 0 radical (unpaired) electrons. The Balaban J connectivity index is 1.59. The summed E-state index contributed by atoms with van der Waals surface area (Å²) in [5.41, 5.74) is 2.72. The first-order valence-corrected chi connectivity index (χ1v) is 15.1. The van der Waals surface area contributed by atoms with E-state index in [0.29, 0.717) is 12.8 Å². The van der Waals surface area contributed by atoms with Crippen LogP contribution in [-0.2, 0) is 32.7 Å². The lowest BCUT2D eigenvalue weighted by atomic mass is 9.88. The molecule has 2 aromatic carbocycles. The first-order valence-electron chi connectivity index (χ1n) is 11.9. The van der Waals surface area contributed by atoms with Gasteiger partial charge >= 0.3 is 16.4 Å². The van der Waals surface area contributed by atoms with Gasteiger partial charge in [0.05, 0.1) is 29.4 Å². The molecule has 3 N–H and O–H groups in total. The van der Waals surface area contributed by atoms with Crippen molar-refractivity contribution >= 4 is 50.5 Å². The number of thiophene rings is 1. The topological polar surface area (TPSA) is 135 Å². The standard InChI is InChI=1S/C27H27N3O6S3/c1-36-27(32)29-22(15-18-6-3-2-4-7-18)24(31)16-20(23-17-38-26(28-23)25-8-5-13-37-25)14-19-9-11-21(12-10-19)30-39(33,34)35/h2-13,17,20,22,30H,14-16H2,1H3,(H,29,32)(H,33,34,35)/t20-,22?/m0/s1. The molecule has 0 fully saturated rings. The lowest BCUT2D eigenvalue weighted by Crippen LogP contribution is -2.43. The van der Waals surface area contributed by atoms with Crippen LogP contribution in [0, 0.1) is 0 Å². The Morgan fingerprint density at radius 3 is 2.33 bits per heavy atom. The summed E-state index contributed by atoms with van der Waals surface area (Å²) in [4.78, 5) is 31.6. The van der Waals surface area contributed by atoms with E-state index in [0.717, 1.165) is 26.7 Å². The lowest BCUT2D eigenvalue weighted by molar-refractivity contribution is -0.121. The summed E-state index contributed by atoms with van der Waals surface area (Å²) in [6, 6.07) is 19.1. The van der Waals surface area contributed by atoms with Crippen LogP contribution >= 0.6 is 22.7 Å². The number of benzene rings is 2. The number of rotatable bonds is 12. The summed E-state index contributed by atoms with van der Waals surface area (Å²) < 4.78 is 38.1. The zero-order chi connectivity index (χ0) is 27.8. The number of ketones is 1. The molecule has 0 saturated carbocycles. The quantitative estimate of drug-likeness (QED) is 0.191. The van der Waals surface area contributed by atoms with Crippen molar-refractivity contribution in [2.24, 2.45) is 0 Å². The lowest BCUT2D eigenvalue weighted by Gasteiger charge is -2.21. The molecule has 2 heterocycles. The van der Waals surface area contributed by atoms with Crippen molar-refractivity contribution in [3.05, 3.63) is 94.3 Å². The van der Waals surface area contributed by atoms with E-state index >= 15 is 0 Å². The van der Waals surface area contributed by atoms with E-state index in [2.05, 4.69) is 5.32 Å². The van der Waals surface area contributed by atoms with Crippen LogP contribution < -0.4 is 10.0 Å². The largest absolute Gasteiger partial charge is 0.453 e. The van der Waals surface area contributed by atoms with Crippen molar-refractivity contribution in [2.45, 2.75) is 31.2 Å². The average Bonchev–Trinajstić information content (AvgIpc) is 3.61. The van der Waals surface area contributed by atoms with Crippen LogP contribution in [-0.4, -0.2) is 43.0 Å². The third-order valence-corrected chi connectivity index (χ3v) is 8.34. The van der Waals surface area contributed by atoms with Gasteiger partial charge in [-0.15, -0.1) is 22.7 Å². The second-order valence-electron chi connectivity index (χ2n) is 8.78. The first-order chi connectivity index (χ1) is 18.7. The second kappa shape index (κ2) is 13.0. The molecule has 1 amide bonds. The maximum Gasteiger partial charge on any atom is 0.407 e. The Kier molecular flexibility index (Phi) is 9.46. The molecule has 39 heavy (non-hydrogen) atoms. The molecule has 0 saturated heterocycles.